The lowest BCUT2D eigenvalue weighted by molar-refractivity contribution is -0.114. The van der Waals surface area contributed by atoms with Crippen LogP contribution in [0.25, 0.3) is 6.08 Å². The number of hydrogen-bond donors (Lipinski definition) is 1. The molecular weight excluding hydrogens is 500 g/mol. The van der Waals surface area contributed by atoms with Gasteiger partial charge in [0.2, 0.25) is 20.2 Å². The Kier molecular flexibility index (Phi) is 7.60. The van der Waals surface area contributed by atoms with Crippen LogP contribution >= 0.6 is 11.9 Å². The van der Waals surface area contributed by atoms with E-state index in [0.29, 0.717) is 30.4 Å². The normalized spacial score (nSPS) is 17.5. The third kappa shape index (κ3) is 5.68. The fraction of sp³-hybridized carbons (Fsp3) is 0.280. The highest BCUT2D eigenvalue weighted by molar-refractivity contribution is 8.16. The number of nitrogens with zero attached hydrogens (tertiary/aromatic N) is 3. The van der Waals surface area contributed by atoms with Crippen LogP contribution in [0.3, 0.4) is 0 Å². The lowest BCUT2D eigenvalue weighted by Gasteiger charge is -2.23. The molecule has 1 amide bonds. The molecule has 0 unspecified atom stereocenters. The van der Waals surface area contributed by atoms with Crippen molar-refractivity contribution in [3.8, 4) is 11.5 Å². The average molecular weight is 527 g/mol. The smallest absolute Gasteiger partial charge is 0.283 e. The maximum atomic E-state index is 12.5. The minimum absolute atomic E-state index is 0.0287. The third-order valence-corrected chi connectivity index (χ3v) is 7.45. The molecule has 4 rings (SSSR count). The first-order valence-electron chi connectivity index (χ1n) is 11.3. The summed E-state index contributed by atoms with van der Waals surface area (Å²) in [5.41, 5.74) is 1.90. The van der Waals surface area contributed by atoms with Gasteiger partial charge in [-0.3, -0.25) is 10.2 Å². The molecule has 0 saturated heterocycles. The van der Waals surface area contributed by atoms with Gasteiger partial charge in [-0.1, -0.05) is 38.1 Å². The zero-order chi connectivity index (χ0) is 25.9. The number of amidine groups is 3. The number of benzene rings is 2. The summed E-state index contributed by atoms with van der Waals surface area (Å²) >= 11 is 0.759. The molecule has 2 aromatic carbocycles. The quantitative estimate of drug-likeness (QED) is 0.310. The molecule has 0 fully saturated rings. The Hall–Kier alpha value is -3.44. The summed E-state index contributed by atoms with van der Waals surface area (Å²) in [6.07, 6.45) is 3.58. The van der Waals surface area contributed by atoms with Gasteiger partial charge in [0.25, 0.3) is 5.91 Å². The summed E-state index contributed by atoms with van der Waals surface area (Å²) < 4.78 is 39.3. The fourth-order valence-electron chi connectivity index (χ4n) is 3.51. The number of sulfone groups is 1. The Bertz CT molecular complexity index is 1360. The van der Waals surface area contributed by atoms with Gasteiger partial charge < -0.3 is 9.47 Å². The first-order chi connectivity index (χ1) is 17.2. The molecule has 2 aromatic rings. The maximum Gasteiger partial charge on any atom is 0.283 e. The number of hydrogen-bond acceptors (Lipinski definition) is 8. The molecule has 2 aliphatic heterocycles. The first-order valence-corrected chi connectivity index (χ1v) is 14.0. The molecule has 0 aromatic heterocycles. The number of rotatable bonds is 8. The van der Waals surface area contributed by atoms with E-state index in [1.165, 1.54) is 11.6 Å². The monoisotopic (exact) mass is 526 g/mol. The molecule has 1 atom stereocenters. The number of amides is 1. The van der Waals surface area contributed by atoms with E-state index in [-0.39, 0.29) is 21.7 Å². The largest absolute Gasteiger partial charge is 0.490 e. The van der Waals surface area contributed by atoms with Crippen LogP contribution < -0.4 is 9.47 Å². The maximum absolute atomic E-state index is 12.5. The number of nitrogens with one attached hydrogen (secondary N) is 1. The van der Waals surface area contributed by atoms with Crippen molar-refractivity contribution >= 4 is 49.9 Å². The molecule has 0 bridgehead atoms. The van der Waals surface area contributed by atoms with Crippen LogP contribution in [0.5, 0.6) is 11.5 Å². The lowest BCUT2D eigenvalue weighted by atomic mass is 9.99. The van der Waals surface area contributed by atoms with Gasteiger partial charge in [-0.05, 0) is 53.8 Å². The van der Waals surface area contributed by atoms with E-state index in [9.17, 15) is 13.2 Å². The second-order valence-corrected chi connectivity index (χ2v) is 11.0. The van der Waals surface area contributed by atoms with Crippen molar-refractivity contribution in [2.75, 3.05) is 19.5 Å². The van der Waals surface area contributed by atoms with Gasteiger partial charge in [-0.2, -0.15) is 9.39 Å². The summed E-state index contributed by atoms with van der Waals surface area (Å²) in [5, 5.41) is 8.13. The average Bonchev–Trinajstić information content (AvgIpc) is 3.30. The standard InChI is InChI=1S/C25H26N4O5S2/c1-4-16(2)18-7-11-20(12-8-18)34-14-13-33-19-9-5-17(6-10-19)15-21-22(26)29-24(27-23(21)30)35-28-25(29)36(3,31)32/h5-12,15-16,26H,4,13-14H2,1-3H3/b21-15-,26-22?/t16-/m1/s1. The van der Waals surface area contributed by atoms with Crippen molar-refractivity contribution in [2.24, 2.45) is 9.39 Å². The highest BCUT2D eigenvalue weighted by atomic mass is 32.2. The fourth-order valence-corrected chi connectivity index (χ4v) is 5.36. The molecule has 0 saturated carbocycles. The van der Waals surface area contributed by atoms with Gasteiger partial charge >= 0.3 is 0 Å². The summed E-state index contributed by atoms with van der Waals surface area (Å²) in [5.74, 6) is 1.03. The van der Waals surface area contributed by atoms with Gasteiger partial charge in [-0.15, -0.1) is 0 Å². The van der Waals surface area contributed by atoms with E-state index in [4.69, 9.17) is 14.9 Å². The predicted octanol–water partition coefficient (Wildman–Crippen LogP) is 4.28. The number of carbonyl (C=O) groups is 1. The second-order valence-electron chi connectivity index (χ2n) is 8.32. The van der Waals surface area contributed by atoms with Crippen molar-refractivity contribution in [1.82, 2.24) is 4.90 Å². The minimum atomic E-state index is -3.69. The molecule has 188 valence electrons. The van der Waals surface area contributed by atoms with Crippen molar-refractivity contribution < 1.29 is 22.7 Å². The van der Waals surface area contributed by atoms with Crippen LogP contribution in [-0.2, 0) is 14.6 Å². The second kappa shape index (κ2) is 10.7. The van der Waals surface area contributed by atoms with Crippen molar-refractivity contribution in [2.45, 2.75) is 26.2 Å². The van der Waals surface area contributed by atoms with Gasteiger partial charge in [0.15, 0.2) is 0 Å². The highest BCUT2D eigenvalue weighted by Crippen LogP contribution is 2.30. The van der Waals surface area contributed by atoms with Gasteiger partial charge in [0.1, 0.15) is 30.5 Å². The first kappa shape index (κ1) is 25.6. The molecular formula is C25H26N4O5S2. The third-order valence-electron chi connectivity index (χ3n) is 5.70. The molecule has 2 heterocycles. The van der Waals surface area contributed by atoms with E-state index in [1.54, 1.807) is 24.3 Å². The molecule has 0 radical (unpaired) electrons. The summed E-state index contributed by atoms with van der Waals surface area (Å²) in [6, 6.07) is 15.1. The molecule has 0 spiro atoms. The Balaban J connectivity index is 1.34. The molecule has 11 heteroatoms. The highest BCUT2D eigenvalue weighted by Gasteiger charge is 2.41. The zero-order valence-electron chi connectivity index (χ0n) is 20.1. The molecule has 36 heavy (non-hydrogen) atoms. The lowest BCUT2D eigenvalue weighted by Crippen LogP contribution is -2.45. The Morgan fingerprint density at radius 1 is 1.06 bits per heavy atom. The number of carbonyl (C=O) groups excluding carboxylic acids is 1. The van der Waals surface area contributed by atoms with Crippen LogP contribution in [0.1, 0.15) is 37.3 Å². The van der Waals surface area contributed by atoms with Crippen LogP contribution in [-0.4, -0.2) is 54.9 Å². The number of aliphatic imine (C=N–C) groups is 1. The summed E-state index contributed by atoms with van der Waals surface area (Å²) in [6.45, 7) is 5.11. The van der Waals surface area contributed by atoms with Gasteiger partial charge in [0.05, 0.1) is 17.5 Å². The molecule has 0 aliphatic carbocycles. The van der Waals surface area contributed by atoms with Crippen molar-refractivity contribution in [1.29, 1.82) is 5.41 Å². The van der Waals surface area contributed by atoms with E-state index in [1.807, 2.05) is 12.1 Å². The van der Waals surface area contributed by atoms with Crippen molar-refractivity contribution in [3.63, 3.8) is 0 Å². The van der Waals surface area contributed by atoms with Crippen molar-refractivity contribution in [3.05, 3.63) is 65.2 Å². The van der Waals surface area contributed by atoms with E-state index in [2.05, 4.69) is 35.4 Å². The Morgan fingerprint density at radius 3 is 2.19 bits per heavy atom. The Labute approximate surface area is 214 Å². The minimum Gasteiger partial charge on any atom is -0.490 e. The zero-order valence-corrected chi connectivity index (χ0v) is 21.7. The van der Waals surface area contributed by atoms with E-state index >= 15 is 0 Å². The van der Waals surface area contributed by atoms with Crippen LogP contribution in [0, 0.1) is 5.41 Å². The van der Waals surface area contributed by atoms with Gasteiger partial charge in [0, 0.05) is 6.26 Å². The van der Waals surface area contributed by atoms with E-state index < -0.39 is 15.7 Å². The number of fused-ring (bicyclic) bond motifs is 1. The van der Waals surface area contributed by atoms with Crippen LogP contribution in [0.4, 0.5) is 0 Å². The topological polar surface area (TPSA) is 121 Å². The predicted molar refractivity (Wildman–Crippen MR) is 142 cm³/mol. The van der Waals surface area contributed by atoms with Gasteiger partial charge in [-0.25, -0.2) is 13.3 Å². The number of ether oxygens (including phenoxy) is 2. The van der Waals surface area contributed by atoms with E-state index in [0.717, 1.165) is 35.3 Å². The summed E-state index contributed by atoms with van der Waals surface area (Å²) in [4.78, 5) is 17.4. The van der Waals surface area contributed by atoms with Crippen LogP contribution in [0.15, 0.2) is 63.5 Å². The molecule has 9 nitrogen and oxygen atoms in total. The Morgan fingerprint density at radius 2 is 1.64 bits per heavy atom. The molecule has 2 aliphatic rings. The molecule has 1 N–H and O–H groups in total. The van der Waals surface area contributed by atoms with Crippen LogP contribution in [0.2, 0.25) is 0 Å². The SMILES string of the molecule is CC[C@@H](C)c1ccc(OCCOc2ccc(/C=C3/C(=N)N4C(=NC3=O)SN=C4S(C)(=O)=O)cc2)cc1. The summed E-state index contributed by atoms with van der Waals surface area (Å²) in [7, 11) is -3.69.